The van der Waals surface area contributed by atoms with Crippen LogP contribution in [-0.2, 0) is 30.8 Å². The van der Waals surface area contributed by atoms with Gasteiger partial charge >= 0.3 is 0 Å². The highest BCUT2D eigenvalue weighted by molar-refractivity contribution is 7.89. The van der Waals surface area contributed by atoms with Crippen molar-refractivity contribution in [2.45, 2.75) is 55.8 Å². The lowest BCUT2D eigenvalue weighted by molar-refractivity contribution is -0.0236. The van der Waals surface area contributed by atoms with Crippen molar-refractivity contribution in [2.75, 3.05) is 84.8 Å². The van der Waals surface area contributed by atoms with E-state index in [0.29, 0.717) is 44.4 Å². The fourth-order valence-electron chi connectivity index (χ4n) is 7.19. The van der Waals surface area contributed by atoms with Gasteiger partial charge in [0, 0.05) is 51.9 Å². The average Bonchev–Trinajstić information content (AvgIpc) is 3.14. The maximum absolute atomic E-state index is 14.4. The molecule has 0 unspecified atom stereocenters. The van der Waals surface area contributed by atoms with Gasteiger partial charge in [-0.15, -0.1) is 0 Å². The van der Waals surface area contributed by atoms with Gasteiger partial charge in [0.15, 0.2) is 0 Å². The summed E-state index contributed by atoms with van der Waals surface area (Å²) in [6, 6.07) is 21.4. The summed E-state index contributed by atoms with van der Waals surface area (Å²) in [6.07, 6.45) is 1.95. The fraction of sp³-hybridized carbons (Fsp3) is 0.526. The largest absolute Gasteiger partial charge is 0.497 e. The van der Waals surface area contributed by atoms with Crippen LogP contribution in [-0.4, -0.2) is 110 Å². The number of hydrogen-bond acceptors (Lipinski definition) is 9. The molecule has 6 rings (SSSR count). The molecule has 3 aliphatic heterocycles. The third-order valence-electron chi connectivity index (χ3n) is 10.0. The Morgan fingerprint density at radius 2 is 1.67 bits per heavy atom. The minimum absolute atomic E-state index is 0.00318. The maximum atomic E-state index is 14.4. The van der Waals surface area contributed by atoms with E-state index in [1.54, 1.807) is 30.7 Å². The van der Waals surface area contributed by atoms with Gasteiger partial charge in [0.1, 0.15) is 18.1 Å². The molecule has 3 atom stereocenters. The van der Waals surface area contributed by atoms with Gasteiger partial charge in [-0.1, -0.05) is 35.9 Å². The minimum atomic E-state index is -3.79. The quantitative estimate of drug-likeness (QED) is 0.214. The van der Waals surface area contributed by atoms with Crippen molar-refractivity contribution >= 4 is 15.7 Å². The van der Waals surface area contributed by atoms with Gasteiger partial charge in [0.25, 0.3) is 0 Å². The first-order valence-corrected chi connectivity index (χ1v) is 18.9. The van der Waals surface area contributed by atoms with Crippen LogP contribution in [0.4, 0.5) is 5.69 Å². The lowest BCUT2D eigenvalue weighted by Gasteiger charge is -2.44. The van der Waals surface area contributed by atoms with Crippen molar-refractivity contribution in [1.82, 2.24) is 9.21 Å². The topological polar surface area (TPSA) is 90.0 Å². The molecule has 0 amide bonds. The third-order valence-corrected chi connectivity index (χ3v) is 12.0. The summed E-state index contributed by atoms with van der Waals surface area (Å²) >= 11 is 0. The maximum Gasteiger partial charge on any atom is 0.243 e. The zero-order valence-corrected chi connectivity index (χ0v) is 29.9. The second-order valence-electron chi connectivity index (χ2n) is 13.2. The summed E-state index contributed by atoms with van der Waals surface area (Å²) in [4.78, 5) is 5.04. The molecule has 0 bridgehead atoms. The van der Waals surface area contributed by atoms with Crippen molar-refractivity contribution in [3.05, 3.63) is 83.4 Å². The lowest BCUT2D eigenvalue weighted by atomic mass is 9.83. The predicted molar refractivity (Wildman–Crippen MR) is 190 cm³/mol. The van der Waals surface area contributed by atoms with Gasteiger partial charge in [0.2, 0.25) is 10.0 Å². The number of piperidine rings is 1. The van der Waals surface area contributed by atoms with E-state index in [-0.39, 0.29) is 24.6 Å². The summed E-state index contributed by atoms with van der Waals surface area (Å²) in [5, 5.41) is 0. The van der Waals surface area contributed by atoms with Gasteiger partial charge in [-0.2, -0.15) is 4.31 Å². The summed E-state index contributed by atoms with van der Waals surface area (Å²) in [5.74, 6) is 1.66. The summed E-state index contributed by atoms with van der Waals surface area (Å²) in [5.41, 5.74) is 4.23. The third kappa shape index (κ3) is 8.76. The van der Waals surface area contributed by atoms with E-state index < -0.39 is 10.0 Å². The van der Waals surface area contributed by atoms with E-state index in [9.17, 15) is 8.42 Å². The summed E-state index contributed by atoms with van der Waals surface area (Å²) < 4.78 is 59.6. The number of ether oxygens (including phenoxy) is 5. The van der Waals surface area contributed by atoms with Gasteiger partial charge in [-0.25, -0.2) is 8.42 Å². The zero-order chi connectivity index (χ0) is 34.2. The van der Waals surface area contributed by atoms with Crippen LogP contribution in [0.3, 0.4) is 0 Å². The first kappa shape index (κ1) is 35.6. The molecule has 11 heteroatoms. The summed E-state index contributed by atoms with van der Waals surface area (Å²) in [7, 11) is -0.392. The number of aryl methyl sites for hydroxylation is 1. The first-order chi connectivity index (χ1) is 23.9. The molecule has 0 radical (unpaired) electrons. The van der Waals surface area contributed by atoms with Gasteiger partial charge in [-0.05, 0) is 80.3 Å². The van der Waals surface area contributed by atoms with Crippen LogP contribution < -0.4 is 14.4 Å². The van der Waals surface area contributed by atoms with Crippen molar-refractivity contribution in [2.24, 2.45) is 0 Å². The SMILES string of the molecule is COCCCN1CCOc2ccc(CO[C@H]3CN(S(=O)(=O)c4ccc(C)cc4)[C@@H](CCN4CCOCC4)C[C@@H]3c3ccc(OC)cc3)cc21. The van der Waals surface area contributed by atoms with E-state index in [1.165, 1.54) is 0 Å². The molecule has 0 aromatic heterocycles. The molecule has 49 heavy (non-hydrogen) atoms. The Morgan fingerprint density at radius 3 is 2.41 bits per heavy atom. The Kier molecular flexibility index (Phi) is 12.1. The van der Waals surface area contributed by atoms with E-state index in [2.05, 4.69) is 34.1 Å². The van der Waals surface area contributed by atoms with Crippen LogP contribution in [0.1, 0.15) is 41.9 Å². The average molecular weight is 694 g/mol. The van der Waals surface area contributed by atoms with Crippen molar-refractivity contribution in [1.29, 1.82) is 0 Å². The Morgan fingerprint density at radius 1 is 0.898 bits per heavy atom. The molecule has 3 aliphatic rings. The van der Waals surface area contributed by atoms with Crippen molar-refractivity contribution in [3.8, 4) is 11.5 Å². The number of nitrogens with zero attached hydrogens (tertiary/aromatic N) is 3. The smallest absolute Gasteiger partial charge is 0.243 e. The number of fused-ring (bicyclic) bond motifs is 1. The van der Waals surface area contributed by atoms with Crippen LogP contribution in [0.5, 0.6) is 11.5 Å². The molecule has 3 aromatic rings. The molecule has 10 nitrogen and oxygen atoms in total. The molecule has 3 heterocycles. The Hall–Kier alpha value is -3.19. The highest BCUT2D eigenvalue weighted by Crippen LogP contribution is 2.39. The molecule has 266 valence electrons. The molecule has 3 aromatic carbocycles. The van der Waals surface area contributed by atoms with Crippen LogP contribution in [0.15, 0.2) is 71.6 Å². The lowest BCUT2D eigenvalue weighted by Crippen LogP contribution is -2.53. The normalized spacial score (nSPS) is 22.0. The number of sulfonamides is 1. The van der Waals surface area contributed by atoms with E-state index in [4.69, 9.17) is 23.7 Å². The van der Waals surface area contributed by atoms with Crippen molar-refractivity contribution < 1.29 is 32.1 Å². The Labute approximate surface area is 291 Å². The van der Waals surface area contributed by atoms with Gasteiger partial charge < -0.3 is 28.6 Å². The number of benzene rings is 3. The standard InChI is InChI=1S/C38H51N3O7S/c1-29-5-12-34(13-6-29)49(42,43)41-27-38(48-28-30-7-14-37-36(25-30)40(20-24-47-37)16-4-21-44-2)35(31-8-10-33(45-3)11-9-31)26-32(41)15-17-39-18-22-46-23-19-39/h5-14,25,32,35,38H,4,15-24,26-28H2,1-3H3/t32-,35+,38-/m0/s1. The molecule has 0 aliphatic carbocycles. The Bertz CT molecular complexity index is 1600. The van der Waals surface area contributed by atoms with E-state index in [1.807, 2.05) is 37.3 Å². The molecule has 0 saturated carbocycles. The highest BCUT2D eigenvalue weighted by Gasteiger charge is 2.43. The van der Waals surface area contributed by atoms with Crippen LogP contribution >= 0.6 is 0 Å². The minimum Gasteiger partial charge on any atom is -0.497 e. The van der Waals surface area contributed by atoms with Crippen molar-refractivity contribution in [3.63, 3.8) is 0 Å². The van der Waals surface area contributed by atoms with E-state index >= 15 is 0 Å². The molecule has 0 N–H and O–H groups in total. The van der Waals surface area contributed by atoms with Gasteiger partial charge in [0.05, 0.1) is 50.2 Å². The first-order valence-electron chi connectivity index (χ1n) is 17.5. The number of rotatable bonds is 14. The monoisotopic (exact) mass is 693 g/mol. The second kappa shape index (κ2) is 16.7. The fourth-order valence-corrected chi connectivity index (χ4v) is 8.87. The zero-order valence-electron chi connectivity index (χ0n) is 29.1. The molecule has 2 fully saturated rings. The molecular formula is C38H51N3O7S. The van der Waals surface area contributed by atoms with Crippen LogP contribution in [0, 0.1) is 6.92 Å². The molecular weight excluding hydrogens is 642 g/mol. The second-order valence-corrected chi connectivity index (χ2v) is 15.1. The van der Waals surface area contributed by atoms with Crippen LogP contribution in [0.25, 0.3) is 0 Å². The molecule has 2 saturated heterocycles. The Balaban J connectivity index is 1.28. The highest BCUT2D eigenvalue weighted by atomic mass is 32.2. The van der Waals surface area contributed by atoms with Crippen LogP contribution in [0.2, 0.25) is 0 Å². The van der Waals surface area contributed by atoms with E-state index in [0.717, 1.165) is 79.4 Å². The predicted octanol–water partition coefficient (Wildman–Crippen LogP) is 5.09. The molecule has 0 spiro atoms. The van der Waals surface area contributed by atoms with Gasteiger partial charge in [-0.3, -0.25) is 4.90 Å². The number of hydrogen-bond donors (Lipinski definition) is 0. The summed E-state index contributed by atoms with van der Waals surface area (Å²) in [6.45, 7) is 9.60. The number of methoxy groups -OCH3 is 2. The number of anilines is 1. The number of morpholine rings is 1.